The van der Waals surface area contributed by atoms with E-state index in [9.17, 15) is 5.11 Å². The van der Waals surface area contributed by atoms with E-state index >= 15 is 0 Å². The normalized spacial score (nSPS) is 16.9. The molecule has 0 amide bonds. The molecule has 4 heterocycles. The van der Waals surface area contributed by atoms with Crippen LogP contribution in [0.2, 0.25) is 0 Å². The van der Waals surface area contributed by atoms with Gasteiger partial charge in [-0.1, -0.05) is 0 Å². The first-order valence-electron chi connectivity index (χ1n) is 10.1. The van der Waals surface area contributed by atoms with E-state index in [1.807, 2.05) is 19.1 Å². The number of nitrogens with zero attached hydrogens (tertiary/aromatic N) is 4. The Morgan fingerprint density at radius 1 is 1.29 bits per heavy atom. The average Bonchev–Trinajstić information content (AvgIpc) is 3.16. The second-order valence-electron chi connectivity index (χ2n) is 7.34. The van der Waals surface area contributed by atoms with E-state index in [0.29, 0.717) is 39.4 Å². The smallest absolute Gasteiger partial charge is 0.155 e. The van der Waals surface area contributed by atoms with Gasteiger partial charge < -0.3 is 26.4 Å². The summed E-state index contributed by atoms with van der Waals surface area (Å²) in [5.74, 6) is 1.33. The monoisotopic (exact) mass is 436 g/mol. The number of piperidine rings is 1. The summed E-state index contributed by atoms with van der Waals surface area (Å²) in [4.78, 5) is 8.68. The van der Waals surface area contributed by atoms with Gasteiger partial charge in [-0.05, 0) is 62.1 Å². The number of nitriles is 1. The zero-order valence-corrected chi connectivity index (χ0v) is 17.9. The number of aliphatic hydroxyl groups is 1. The molecule has 1 aliphatic rings. The van der Waals surface area contributed by atoms with Gasteiger partial charge in [0.05, 0.1) is 34.8 Å². The number of hydrogen-bond donors (Lipinski definition) is 5. The Bertz CT molecular complexity index is 1060. The fourth-order valence-electron chi connectivity index (χ4n) is 3.45. The summed E-state index contributed by atoms with van der Waals surface area (Å²) in [5.41, 5.74) is 2.54. The van der Waals surface area contributed by atoms with Gasteiger partial charge >= 0.3 is 0 Å². The molecule has 5 N–H and O–H groups in total. The predicted molar refractivity (Wildman–Crippen MR) is 121 cm³/mol. The van der Waals surface area contributed by atoms with Crippen molar-refractivity contribution in [2.45, 2.75) is 32.0 Å². The molecule has 0 radical (unpaired) electrons. The number of hydrogen-bond acceptors (Lipinski definition) is 10. The molecule has 0 bridgehead atoms. The van der Waals surface area contributed by atoms with Crippen LogP contribution in [0.1, 0.15) is 35.9 Å². The molecule has 1 fully saturated rings. The van der Waals surface area contributed by atoms with E-state index in [0.717, 1.165) is 31.7 Å². The van der Waals surface area contributed by atoms with Crippen LogP contribution in [0.4, 0.5) is 22.3 Å². The Morgan fingerprint density at radius 3 is 2.94 bits per heavy atom. The second-order valence-corrected chi connectivity index (χ2v) is 8.12. The lowest BCUT2D eigenvalue weighted by atomic mass is 10.1. The number of aliphatic hydroxyl groups excluding tert-OH is 1. The molecule has 3 aromatic heterocycles. The van der Waals surface area contributed by atoms with Crippen molar-refractivity contribution in [3.8, 4) is 6.07 Å². The van der Waals surface area contributed by atoms with E-state index in [-0.39, 0.29) is 0 Å². The highest BCUT2D eigenvalue weighted by Gasteiger charge is 2.20. The van der Waals surface area contributed by atoms with E-state index in [1.165, 1.54) is 11.5 Å². The van der Waals surface area contributed by atoms with Crippen LogP contribution in [-0.4, -0.2) is 38.6 Å². The van der Waals surface area contributed by atoms with Crippen molar-refractivity contribution < 1.29 is 5.11 Å². The molecule has 0 aromatic carbocycles. The summed E-state index contributed by atoms with van der Waals surface area (Å²) in [5, 5.41) is 33.6. The van der Waals surface area contributed by atoms with Crippen molar-refractivity contribution in [1.82, 2.24) is 19.7 Å². The van der Waals surface area contributed by atoms with Gasteiger partial charge in [0.25, 0.3) is 0 Å². The van der Waals surface area contributed by atoms with Crippen LogP contribution in [0, 0.1) is 18.3 Å². The van der Waals surface area contributed by atoms with Gasteiger partial charge in [-0.15, -0.1) is 0 Å². The van der Waals surface area contributed by atoms with Crippen molar-refractivity contribution in [2.75, 3.05) is 29.0 Å². The first-order chi connectivity index (χ1) is 15.1. The quantitative estimate of drug-likeness (QED) is 0.355. The zero-order chi connectivity index (χ0) is 21.6. The Morgan fingerprint density at radius 2 is 2.19 bits per heavy atom. The Balaban J connectivity index is 1.43. The molecule has 4 rings (SSSR count). The van der Waals surface area contributed by atoms with Crippen LogP contribution in [-0.2, 0) is 0 Å². The van der Waals surface area contributed by atoms with E-state index in [2.05, 4.69) is 41.7 Å². The first-order valence-corrected chi connectivity index (χ1v) is 10.9. The van der Waals surface area contributed by atoms with Crippen molar-refractivity contribution >= 4 is 33.9 Å². The topological polar surface area (TPSA) is 131 Å². The SMILES string of the molecule is Cc1nsc(Nc2cc(C#N)ccn2)c1C(O)Nc1ccc(NC2CCCNC2)nc1. The van der Waals surface area contributed by atoms with Gasteiger partial charge in [0.2, 0.25) is 0 Å². The molecular weight excluding hydrogens is 412 g/mol. The number of pyridine rings is 2. The molecular formula is C21H24N8OS. The first kappa shape index (κ1) is 21.0. The highest BCUT2D eigenvalue weighted by atomic mass is 32.1. The van der Waals surface area contributed by atoms with Gasteiger partial charge in [-0.3, -0.25) is 0 Å². The lowest BCUT2D eigenvalue weighted by Gasteiger charge is -2.24. The maximum absolute atomic E-state index is 10.8. The van der Waals surface area contributed by atoms with E-state index < -0.39 is 6.23 Å². The number of anilines is 4. The maximum Gasteiger partial charge on any atom is 0.155 e. The van der Waals surface area contributed by atoms with Gasteiger partial charge in [0.15, 0.2) is 6.23 Å². The minimum absolute atomic E-state index is 0.381. The molecule has 1 aliphatic heterocycles. The third-order valence-corrected chi connectivity index (χ3v) is 5.90. The Hall–Kier alpha value is -3.26. The number of aromatic nitrogens is 3. The van der Waals surface area contributed by atoms with Crippen LogP contribution in [0.25, 0.3) is 0 Å². The molecule has 31 heavy (non-hydrogen) atoms. The molecule has 0 spiro atoms. The average molecular weight is 437 g/mol. The van der Waals surface area contributed by atoms with Crippen molar-refractivity contribution in [3.63, 3.8) is 0 Å². The van der Waals surface area contributed by atoms with Gasteiger partial charge in [0.1, 0.15) is 16.6 Å². The van der Waals surface area contributed by atoms with Gasteiger partial charge in [-0.25, -0.2) is 9.97 Å². The third-order valence-electron chi connectivity index (χ3n) is 5.03. The molecule has 1 saturated heterocycles. The van der Waals surface area contributed by atoms with Crippen LogP contribution in [0.3, 0.4) is 0 Å². The minimum Gasteiger partial charge on any atom is -0.369 e. The summed E-state index contributed by atoms with van der Waals surface area (Å²) in [6.45, 7) is 3.84. The Kier molecular flexibility index (Phi) is 6.57. The second kappa shape index (κ2) is 9.70. The summed E-state index contributed by atoms with van der Waals surface area (Å²) < 4.78 is 4.35. The van der Waals surface area contributed by atoms with E-state index in [1.54, 1.807) is 24.5 Å². The highest BCUT2D eigenvalue weighted by molar-refractivity contribution is 7.10. The van der Waals surface area contributed by atoms with Gasteiger partial charge in [0, 0.05) is 18.8 Å². The lowest BCUT2D eigenvalue weighted by Crippen LogP contribution is -2.38. The zero-order valence-electron chi connectivity index (χ0n) is 17.1. The molecule has 0 aliphatic carbocycles. The largest absolute Gasteiger partial charge is 0.369 e. The number of rotatable bonds is 7. The van der Waals surface area contributed by atoms with Gasteiger partial charge in [-0.2, -0.15) is 9.64 Å². The summed E-state index contributed by atoms with van der Waals surface area (Å²) in [6.07, 6.45) is 4.56. The fraction of sp³-hybridized carbons (Fsp3) is 0.333. The van der Waals surface area contributed by atoms with Crippen LogP contribution in [0.5, 0.6) is 0 Å². The van der Waals surface area contributed by atoms with Crippen LogP contribution >= 0.6 is 11.5 Å². The molecule has 3 aromatic rings. The Labute approximate surface area is 184 Å². The maximum atomic E-state index is 10.8. The molecule has 10 heteroatoms. The number of aryl methyl sites for hydroxylation is 1. The molecule has 0 saturated carbocycles. The van der Waals surface area contributed by atoms with Crippen LogP contribution < -0.4 is 21.3 Å². The third kappa shape index (κ3) is 5.27. The van der Waals surface area contributed by atoms with E-state index in [4.69, 9.17) is 5.26 Å². The summed E-state index contributed by atoms with van der Waals surface area (Å²) in [6, 6.07) is 9.54. The standard InChI is InChI=1S/C21H24N8OS/c1-13-19(21(31-29-13)28-18-9-14(10-22)6-8-24-18)20(30)27-16-4-5-17(25-12-16)26-15-3-2-7-23-11-15/h4-6,8-9,12,15,20,23,27,30H,2-3,7,11H2,1H3,(H,24,28)(H,25,26). The molecule has 2 atom stereocenters. The van der Waals surface area contributed by atoms with Crippen molar-refractivity contribution in [2.24, 2.45) is 0 Å². The number of nitrogens with one attached hydrogen (secondary N) is 4. The molecule has 160 valence electrons. The molecule has 2 unspecified atom stereocenters. The van der Waals surface area contributed by atoms with Crippen LogP contribution in [0.15, 0.2) is 36.7 Å². The highest BCUT2D eigenvalue weighted by Crippen LogP contribution is 2.33. The fourth-order valence-corrected chi connectivity index (χ4v) is 4.29. The molecule has 9 nitrogen and oxygen atoms in total. The summed E-state index contributed by atoms with van der Waals surface area (Å²) in [7, 11) is 0. The van der Waals surface area contributed by atoms with Crippen molar-refractivity contribution in [3.05, 3.63) is 53.5 Å². The minimum atomic E-state index is -0.983. The lowest BCUT2D eigenvalue weighted by molar-refractivity contribution is 0.208. The predicted octanol–water partition coefficient (Wildman–Crippen LogP) is 3.12. The van der Waals surface area contributed by atoms with Crippen molar-refractivity contribution in [1.29, 1.82) is 5.26 Å². The summed E-state index contributed by atoms with van der Waals surface area (Å²) >= 11 is 1.23.